The van der Waals surface area contributed by atoms with E-state index in [-0.39, 0.29) is 25.2 Å². The van der Waals surface area contributed by atoms with E-state index in [0.717, 1.165) is 15.7 Å². The first kappa shape index (κ1) is 33.9. The van der Waals surface area contributed by atoms with Crippen LogP contribution in [0.4, 0.5) is 4.39 Å². The number of nitrogens with one attached hydrogen (secondary N) is 3. The Bertz CT molecular complexity index is 1550. The number of H-pyrrole nitrogens is 1. The average Bonchev–Trinajstić information content (AvgIpc) is 3.40. The number of benzene rings is 2. The van der Waals surface area contributed by atoms with E-state index in [1.165, 1.54) is 27.0 Å². The molecule has 3 aromatic rings. The fourth-order valence-electron chi connectivity index (χ4n) is 4.42. The van der Waals surface area contributed by atoms with E-state index in [4.69, 9.17) is 18.7 Å². The van der Waals surface area contributed by atoms with Crippen molar-refractivity contribution in [3.8, 4) is 0 Å². The lowest BCUT2D eigenvalue weighted by Gasteiger charge is -2.27. The van der Waals surface area contributed by atoms with E-state index in [2.05, 4.69) is 15.2 Å². The second-order valence-electron chi connectivity index (χ2n) is 10.6. The summed E-state index contributed by atoms with van der Waals surface area (Å²) in [4.78, 5) is 51.7. The maximum Gasteiger partial charge on any atom is 0.342 e. The van der Waals surface area contributed by atoms with E-state index in [1.807, 2.05) is 12.1 Å². The highest BCUT2D eigenvalue weighted by molar-refractivity contribution is 7.54. The monoisotopic (exact) mass is 646 g/mol. The second-order valence-corrected chi connectivity index (χ2v) is 12.5. The summed E-state index contributed by atoms with van der Waals surface area (Å²) < 4.78 is 52.1. The molecule has 1 fully saturated rings. The number of aromatic amines is 1. The maximum atomic E-state index is 15.0. The van der Waals surface area contributed by atoms with Crippen LogP contribution in [0.1, 0.15) is 43.2 Å². The molecule has 0 aliphatic carbocycles. The molecule has 0 unspecified atom stereocenters. The average molecular weight is 647 g/mol. The third-order valence-corrected chi connectivity index (χ3v) is 8.89. The van der Waals surface area contributed by atoms with E-state index in [9.17, 15) is 23.7 Å². The molecule has 0 spiro atoms. The van der Waals surface area contributed by atoms with Crippen LogP contribution in [0, 0.1) is 6.92 Å². The fraction of sp³-hybridized carbons (Fsp3) is 0.400. The molecule has 1 aromatic heterocycles. The first-order chi connectivity index (χ1) is 21.4. The lowest BCUT2D eigenvalue weighted by molar-refractivity contribution is -0.147. The number of hydrogen-bond donors (Lipinski definition) is 3. The quantitative estimate of drug-likeness (QED) is 0.174. The molecule has 13 nitrogen and oxygen atoms in total. The smallest absolute Gasteiger partial charge is 0.342 e. The zero-order valence-electron chi connectivity index (χ0n) is 25.0. The number of carbonyl (C=O) groups excluding carboxylic acids is 2. The van der Waals surface area contributed by atoms with Gasteiger partial charge in [-0.25, -0.2) is 19.4 Å². The number of nitrogens with zero attached hydrogens (tertiary/aromatic N) is 1. The van der Waals surface area contributed by atoms with Gasteiger partial charge in [0.1, 0.15) is 43.8 Å². The zero-order valence-corrected chi connectivity index (χ0v) is 25.9. The van der Waals surface area contributed by atoms with Gasteiger partial charge in [-0.2, -0.15) is 0 Å². The van der Waals surface area contributed by atoms with Crippen LogP contribution in [0.2, 0.25) is 0 Å². The van der Waals surface area contributed by atoms with Gasteiger partial charge < -0.3 is 18.7 Å². The summed E-state index contributed by atoms with van der Waals surface area (Å²) in [7, 11) is -4.29. The van der Waals surface area contributed by atoms with Crippen LogP contribution < -0.4 is 21.4 Å². The lowest BCUT2D eigenvalue weighted by atomic mass is 10.2. The number of hydrogen-bond acceptors (Lipinski definition) is 9. The summed E-state index contributed by atoms with van der Waals surface area (Å²) in [5.74, 6) is -1.51. The fourth-order valence-corrected chi connectivity index (χ4v) is 6.23. The Morgan fingerprint density at radius 1 is 0.978 bits per heavy atom. The molecule has 0 saturated carbocycles. The number of alkyl halides is 1. The van der Waals surface area contributed by atoms with Crippen molar-refractivity contribution >= 4 is 19.6 Å². The first-order valence-electron chi connectivity index (χ1n) is 14.3. The molecule has 0 amide bonds. The van der Waals surface area contributed by atoms with Gasteiger partial charge in [0.25, 0.3) is 5.56 Å². The van der Waals surface area contributed by atoms with Gasteiger partial charge in [0.15, 0.2) is 0 Å². The Balaban J connectivity index is 1.43. The van der Waals surface area contributed by atoms with Gasteiger partial charge in [-0.05, 0) is 31.9 Å². The number of rotatable bonds is 14. The van der Waals surface area contributed by atoms with Crippen LogP contribution in [0.15, 0.2) is 76.4 Å². The highest BCUT2D eigenvalue weighted by Gasteiger charge is 2.40. The summed E-state index contributed by atoms with van der Waals surface area (Å²) >= 11 is 0. The summed E-state index contributed by atoms with van der Waals surface area (Å²) in [6.07, 6.45) is -2.94. The third kappa shape index (κ3) is 9.52. The zero-order chi connectivity index (χ0) is 32.6. The molecule has 1 aliphatic rings. The predicted octanol–water partition coefficient (Wildman–Crippen LogP) is 3.04. The standard InChI is InChI=1S/C30H36FN4O9P/c1-19-15-35(30(39)32-27(19)36)26-14-24(31)25(44-26)18-43-45(40,33-20(2)28(37)41-16-22-10-6-4-7-11-22)34-21(3)29(38)42-17-23-12-8-5-9-13-23/h4-13,15,20-21,24-26H,14,16-18H2,1-3H3,(H,32,36,39)(H2,33,34,40)/t20-,21-,24-,25+,26+/m0/s1. The Morgan fingerprint density at radius 2 is 1.49 bits per heavy atom. The van der Waals surface area contributed by atoms with Crippen LogP contribution in [-0.4, -0.2) is 52.5 Å². The Labute approximate surface area is 258 Å². The molecular weight excluding hydrogens is 610 g/mol. The molecule has 4 rings (SSSR count). The van der Waals surface area contributed by atoms with E-state index >= 15 is 4.39 Å². The topological polar surface area (TPSA) is 167 Å². The van der Waals surface area contributed by atoms with Crippen LogP contribution in [0.3, 0.4) is 0 Å². The second kappa shape index (κ2) is 15.4. The van der Waals surface area contributed by atoms with Crippen LogP contribution >= 0.6 is 7.67 Å². The SMILES string of the molecule is Cc1cn([C@H]2C[C@H](F)[C@@H](COP(=O)(N[C@@H](C)C(=O)OCc3ccccc3)N[C@@H](C)C(=O)OCc3ccccc3)O2)c(=O)[nH]c1=O. The summed E-state index contributed by atoms with van der Waals surface area (Å²) in [5, 5.41) is 5.12. The maximum absolute atomic E-state index is 15.0. The van der Waals surface area contributed by atoms with Crippen molar-refractivity contribution < 1.29 is 37.3 Å². The van der Waals surface area contributed by atoms with Gasteiger partial charge in [0.2, 0.25) is 0 Å². The number of halogens is 1. The van der Waals surface area contributed by atoms with Crippen molar-refractivity contribution in [3.05, 3.63) is 104 Å². The Kier molecular flexibility index (Phi) is 11.6. The number of aromatic nitrogens is 2. The Hall–Kier alpha value is -3.94. The van der Waals surface area contributed by atoms with Gasteiger partial charge in [-0.1, -0.05) is 60.7 Å². The minimum atomic E-state index is -4.29. The number of carbonyl (C=O) groups is 2. The summed E-state index contributed by atoms with van der Waals surface area (Å²) in [5.41, 5.74) is 0.363. The van der Waals surface area contributed by atoms with E-state index < -0.39 is 68.1 Å². The van der Waals surface area contributed by atoms with Crippen molar-refractivity contribution in [1.82, 2.24) is 19.7 Å². The normalized spacial score (nSPS) is 19.5. The molecule has 15 heteroatoms. The van der Waals surface area contributed by atoms with Crippen molar-refractivity contribution in [2.45, 2.75) is 71.0 Å². The van der Waals surface area contributed by atoms with Gasteiger partial charge in [-0.3, -0.25) is 28.5 Å². The highest BCUT2D eigenvalue weighted by Crippen LogP contribution is 2.41. The van der Waals surface area contributed by atoms with E-state index in [1.54, 1.807) is 48.5 Å². The van der Waals surface area contributed by atoms with Crippen molar-refractivity contribution in [2.24, 2.45) is 0 Å². The molecule has 45 heavy (non-hydrogen) atoms. The number of esters is 2. The molecular formula is C30H36FN4O9P. The van der Waals surface area contributed by atoms with Crippen molar-refractivity contribution in [3.63, 3.8) is 0 Å². The third-order valence-electron chi connectivity index (χ3n) is 6.92. The molecule has 2 heterocycles. The molecule has 1 saturated heterocycles. The van der Waals surface area contributed by atoms with Crippen molar-refractivity contribution in [2.75, 3.05) is 6.61 Å². The largest absolute Gasteiger partial charge is 0.460 e. The van der Waals surface area contributed by atoms with Crippen LogP contribution in [0.25, 0.3) is 0 Å². The number of ether oxygens (including phenoxy) is 3. The van der Waals surface area contributed by atoms with Gasteiger partial charge in [0.05, 0.1) is 6.61 Å². The molecule has 5 atom stereocenters. The first-order valence-corrected chi connectivity index (χ1v) is 15.9. The minimum Gasteiger partial charge on any atom is -0.460 e. The van der Waals surface area contributed by atoms with Gasteiger partial charge in [0, 0.05) is 18.2 Å². The summed E-state index contributed by atoms with van der Waals surface area (Å²) in [6, 6.07) is 15.5. The van der Waals surface area contributed by atoms with Crippen LogP contribution in [0.5, 0.6) is 0 Å². The molecule has 1 aliphatic heterocycles. The molecule has 242 valence electrons. The lowest BCUT2D eigenvalue weighted by Crippen LogP contribution is -2.43. The van der Waals surface area contributed by atoms with Gasteiger partial charge >= 0.3 is 25.3 Å². The minimum absolute atomic E-state index is 0.0308. The molecule has 3 N–H and O–H groups in total. The summed E-state index contributed by atoms with van der Waals surface area (Å²) in [6.45, 7) is 3.64. The molecule has 2 aromatic carbocycles. The predicted molar refractivity (Wildman–Crippen MR) is 161 cm³/mol. The molecule has 0 radical (unpaired) electrons. The number of aryl methyl sites for hydroxylation is 1. The van der Waals surface area contributed by atoms with E-state index in [0.29, 0.717) is 0 Å². The van der Waals surface area contributed by atoms with Gasteiger partial charge in [-0.15, -0.1) is 0 Å². The highest BCUT2D eigenvalue weighted by atomic mass is 31.2. The molecule has 0 bridgehead atoms. The Morgan fingerprint density at radius 3 is 2.00 bits per heavy atom. The van der Waals surface area contributed by atoms with Crippen molar-refractivity contribution in [1.29, 1.82) is 0 Å². The van der Waals surface area contributed by atoms with Crippen LogP contribution in [-0.2, 0) is 46.1 Å².